The zero-order valence-corrected chi connectivity index (χ0v) is 12.6. The molecular weight excluding hydrogens is 250 g/mol. The lowest BCUT2D eigenvalue weighted by Crippen LogP contribution is -2.53. The minimum Gasteiger partial charge on any atom is -0.369 e. The number of morpholine rings is 1. The molecule has 1 amide bonds. The number of hydrogen-bond donors (Lipinski definition) is 0. The third-order valence-electron chi connectivity index (χ3n) is 4.18. The first-order chi connectivity index (χ1) is 9.48. The highest BCUT2D eigenvalue weighted by Gasteiger charge is 2.39. The minimum atomic E-state index is -0.178. The number of carbonyl (C=O) groups is 1. The molecule has 0 spiro atoms. The van der Waals surface area contributed by atoms with E-state index in [1.165, 1.54) is 24.0 Å². The molecule has 3 rings (SSSR count). The second-order valence-electron chi connectivity index (χ2n) is 6.87. The molecule has 1 saturated carbocycles. The summed E-state index contributed by atoms with van der Waals surface area (Å²) < 4.78 is 5.54. The smallest absolute Gasteiger partial charge is 0.249 e. The van der Waals surface area contributed by atoms with Gasteiger partial charge in [0.1, 0.15) is 6.61 Å². The van der Waals surface area contributed by atoms with E-state index in [1.807, 2.05) is 4.90 Å². The van der Waals surface area contributed by atoms with Gasteiger partial charge in [0.2, 0.25) is 5.91 Å². The van der Waals surface area contributed by atoms with E-state index in [0.29, 0.717) is 12.5 Å². The molecule has 0 N–H and O–H groups in total. The van der Waals surface area contributed by atoms with Crippen LogP contribution in [0.4, 0.5) is 0 Å². The van der Waals surface area contributed by atoms with Gasteiger partial charge in [-0.05, 0) is 50.7 Å². The van der Waals surface area contributed by atoms with Crippen molar-refractivity contribution in [1.29, 1.82) is 0 Å². The number of benzene rings is 1. The van der Waals surface area contributed by atoms with Crippen LogP contribution in [0.1, 0.15) is 56.7 Å². The SMILES string of the molecule is CC(C)(C)N1C(=O)COCC1c1ccccc1C1CC1. The van der Waals surface area contributed by atoms with Crippen LogP contribution < -0.4 is 0 Å². The first-order valence-electron chi connectivity index (χ1n) is 7.47. The molecule has 3 heteroatoms. The van der Waals surface area contributed by atoms with E-state index in [0.717, 1.165) is 0 Å². The maximum Gasteiger partial charge on any atom is 0.249 e. The fourth-order valence-corrected chi connectivity index (χ4v) is 3.23. The zero-order chi connectivity index (χ0) is 14.3. The topological polar surface area (TPSA) is 29.5 Å². The number of amides is 1. The number of ether oxygens (including phenoxy) is 1. The van der Waals surface area contributed by atoms with Crippen LogP contribution in [-0.2, 0) is 9.53 Å². The van der Waals surface area contributed by atoms with E-state index >= 15 is 0 Å². The molecule has 1 atom stereocenters. The Bertz CT molecular complexity index is 514. The molecule has 0 radical (unpaired) electrons. The van der Waals surface area contributed by atoms with Crippen LogP contribution in [-0.4, -0.2) is 29.6 Å². The van der Waals surface area contributed by atoms with Crippen molar-refractivity contribution in [2.75, 3.05) is 13.2 Å². The van der Waals surface area contributed by atoms with Crippen LogP contribution in [0.15, 0.2) is 24.3 Å². The molecule has 1 aromatic carbocycles. The van der Waals surface area contributed by atoms with Crippen molar-refractivity contribution in [3.8, 4) is 0 Å². The van der Waals surface area contributed by atoms with Crippen LogP contribution in [0, 0.1) is 0 Å². The van der Waals surface area contributed by atoms with E-state index in [4.69, 9.17) is 4.74 Å². The summed E-state index contributed by atoms with van der Waals surface area (Å²) in [5.74, 6) is 0.782. The summed E-state index contributed by atoms with van der Waals surface area (Å²) in [6.45, 7) is 7.11. The molecule has 1 aliphatic carbocycles. The predicted molar refractivity (Wildman–Crippen MR) is 78.6 cm³/mol. The van der Waals surface area contributed by atoms with Crippen LogP contribution in [0.25, 0.3) is 0 Å². The lowest BCUT2D eigenvalue weighted by Gasteiger charge is -2.45. The Hall–Kier alpha value is -1.35. The summed E-state index contributed by atoms with van der Waals surface area (Å²) >= 11 is 0. The predicted octanol–water partition coefficient (Wildman–Crippen LogP) is 3.26. The summed E-state index contributed by atoms with van der Waals surface area (Å²) in [5, 5.41) is 0. The highest BCUT2D eigenvalue weighted by atomic mass is 16.5. The fraction of sp³-hybridized carbons (Fsp3) is 0.588. The number of rotatable bonds is 2. The van der Waals surface area contributed by atoms with Gasteiger partial charge in [-0.25, -0.2) is 0 Å². The van der Waals surface area contributed by atoms with Crippen molar-refractivity contribution in [3.63, 3.8) is 0 Å². The van der Waals surface area contributed by atoms with Crippen molar-refractivity contribution >= 4 is 5.91 Å². The molecule has 0 aromatic heterocycles. The molecule has 1 aromatic rings. The van der Waals surface area contributed by atoms with Gasteiger partial charge >= 0.3 is 0 Å². The molecule has 3 nitrogen and oxygen atoms in total. The maximum absolute atomic E-state index is 12.3. The summed E-state index contributed by atoms with van der Waals surface area (Å²) in [6.07, 6.45) is 2.54. The van der Waals surface area contributed by atoms with Crippen molar-refractivity contribution in [1.82, 2.24) is 4.90 Å². The second-order valence-corrected chi connectivity index (χ2v) is 6.87. The Labute approximate surface area is 120 Å². The molecule has 2 aliphatic rings. The first kappa shape index (κ1) is 13.6. The quantitative estimate of drug-likeness (QED) is 0.827. The summed E-state index contributed by atoms with van der Waals surface area (Å²) in [7, 11) is 0. The van der Waals surface area contributed by atoms with Gasteiger partial charge in [0.15, 0.2) is 0 Å². The van der Waals surface area contributed by atoms with Gasteiger partial charge in [0.25, 0.3) is 0 Å². The number of hydrogen-bond acceptors (Lipinski definition) is 2. The third-order valence-corrected chi connectivity index (χ3v) is 4.18. The molecule has 1 saturated heterocycles. The van der Waals surface area contributed by atoms with Crippen LogP contribution in [0.3, 0.4) is 0 Å². The lowest BCUT2D eigenvalue weighted by atomic mass is 9.92. The van der Waals surface area contributed by atoms with Crippen LogP contribution in [0.2, 0.25) is 0 Å². The molecule has 108 valence electrons. The highest BCUT2D eigenvalue weighted by Crippen LogP contribution is 2.44. The van der Waals surface area contributed by atoms with Crippen LogP contribution >= 0.6 is 0 Å². The van der Waals surface area contributed by atoms with Crippen molar-refractivity contribution in [3.05, 3.63) is 35.4 Å². The number of nitrogens with zero attached hydrogens (tertiary/aromatic N) is 1. The second kappa shape index (κ2) is 4.88. The molecule has 0 bridgehead atoms. The Morgan fingerprint density at radius 2 is 1.80 bits per heavy atom. The average molecular weight is 273 g/mol. The molecular formula is C17H23NO2. The van der Waals surface area contributed by atoms with E-state index in [2.05, 4.69) is 45.0 Å². The Morgan fingerprint density at radius 1 is 1.15 bits per heavy atom. The van der Waals surface area contributed by atoms with Crippen LogP contribution in [0.5, 0.6) is 0 Å². The summed E-state index contributed by atoms with van der Waals surface area (Å²) in [6, 6.07) is 8.60. The monoisotopic (exact) mass is 273 g/mol. The van der Waals surface area contributed by atoms with Crippen molar-refractivity contribution in [2.45, 2.75) is 51.1 Å². The highest BCUT2D eigenvalue weighted by molar-refractivity contribution is 5.79. The molecule has 1 heterocycles. The van der Waals surface area contributed by atoms with Gasteiger partial charge < -0.3 is 9.64 Å². The average Bonchev–Trinajstić information content (AvgIpc) is 3.21. The Morgan fingerprint density at radius 3 is 2.40 bits per heavy atom. The first-order valence-corrected chi connectivity index (χ1v) is 7.47. The van der Waals surface area contributed by atoms with Gasteiger partial charge in [0, 0.05) is 5.54 Å². The molecule has 1 aliphatic heterocycles. The number of carbonyl (C=O) groups excluding carboxylic acids is 1. The standard InChI is InChI=1S/C17H23NO2/c1-17(2,3)18-15(10-20-11-16(18)19)14-7-5-4-6-13(14)12-8-9-12/h4-7,12,15H,8-11H2,1-3H3. The van der Waals surface area contributed by atoms with E-state index < -0.39 is 0 Å². The Balaban J connectivity index is 2.00. The summed E-state index contributed by atoms with van der Waals surface area (Å²) in [4.78, 5) is 14.3. The molecule has 2 fully saturated rings. The summed E-state index contributed by atoms with van der Waals surface area (Å²) in [5.41, 5.74) is 2.50. The Kier molecular flexibility index (Phi) is 3.33. The van der Waals surface area contributed by atoms with E-state index in [-0.39, 0.29) is 24.1 Å². The minimum absolute atomic E-state index is 0.0491. The van der Waals surface area contributed by atoms with Crippen molar-refractivity contribution < 1.29 is 9.53 Å². The normalized spacial score (nSPS) is 24.1. The van der Waals surface area contributed by atoms with Gasteiger partial charge in [0.05, 0.1) is 12.6 Å². The fourth-order valence-electron chi connectivity index (χ4n) is 3.23. The van der Waals surface area contributed by atoms with Gasteiger partial charge in [-0.1, -0.05) is 24.3 Å². The molecule has 1 unspecified atom stereocenters. The largest absolute Gasteiger partial charge is 0.369 e. The van der Waals surface area contributed by atoms with Crippen molar-refractivity contribution in [2.24, 2.45) is 0 Å². The van der Waals surface area contributed by atoms with Gasteiger partial charge in [-0.3, -0.25) is 4.79 Å². The van der Waals surface area contributed by atoms with E-state index in [9.17, 15) is 4.79 Å². The molecule has 20 heavy (non-hydrogen) atoms. The third kappa shape index (κ3) is 2.47. The van der Waals surface area contributed by atoms with E-state index in [1.54, 1.807) is 0 Å². The zero-order valence-electron chi connectivity index (χ0n) is 12.6. The maximum atomic E-state index is 12.3. The van der Waals surface area contributed by atoms with Gasteiger partial charge in [-0.2, -0.15) is 0 Å². The lowest BCUT2D eigenvalue weighted by molar-refractivity contribution is -0.156. The van der Waals surface area contributed by atoms with Gasteiger partial charge in [-0.15, -0.1) is 0 Å².